The predicted molar refractivity (Wildman–Crippen MR) is 84.2 cm³/mol. The van der Waals surface area contributed by atoms with Gasteiger partial charge in [0, 0.05) is 25.4 Å². The Kier molecular flexibility index (Phi) is 4.23. The van der Waals surface area contributed by atoms with E-state index in [2.05, 4.69) is 16.9 Å². The SMILES string of the molecule is CC(CCC(=O)N1CCCCC1)c1nc2ccccc2[nH]1. The van der Waals surface area contributed by atoms with Gasteiger partial charge in [0.2, 0.25) is 5.91 Å². The van der Waals surface area contributed by atoms with Crippen molar-refractivity contribution in [1.29, 1.82) is 0 Å². The number of likely N-dealkylation sites (tertiary alicyclic amines) is 1. The van der Waals surface area contributed by atoms with Crippen LogP contribution in [0.25, 0.3) is 11.0 Å². The Morgan fingerprint density at radius 3 is 2.81 bits per heavy atom. The van der Waals surface area contributed by atoms with Gasteiger partial charge in [-0.1, -0.05) is 19.1 Å². The number of para-hydroxylation sites is 2. The van der Waals surface area contributed by atoms with Crippen molar-refractivity contribution >= 4 is 16.9 Å². The number of carbonyl (C=O) groups excluding carboxylic acids is 1. The van der Waals surface area contributed by atoms with Crippen molar-refractivity contribution in [3.8, 4) is 0 Å². The van der Waals surface area contributed by atoms with Crippen LogP contribution in [0.1, 0.15) is 50.8 Å². The monoisotopic (exact) mass is 285 g/mol. The highest BCUT2D eigenvalue weighted by Crippen LogP contribution is 2.22. The Balaban J connectivity index is 1.58. The average molecular weight is 285 g/mol. The summed E-state index contributed by atoms with van der Waals surface area (Å²) in [6.45, 7) is 4.02. The van der Waals surface area contributed by atoms with E-state index in [0.717, 1.165) is 49.2 Å². The van der Waals surface area contributed by atoms with Crippen LogP contribution in [-0.4, -0.2) is 33.9 Å². The topological polar surface area (TPSA) is 49.0 Å². The lowest BCUT2D eigenvalue weighted by Crippen LogP contribution is -2.35. The third kappa shape index (κ3) is 3.26. The number of rotatable bonds is 4. The second-order valence-corrected chi connectivity index (χ2v) is 6.02. The summed E-state index contributed by atoms with van der Waals surface area (Å²) >= 11 is 0. The number of imidazole rings is 1. The van der Waals surface area contributed by atoms with Gasteiger partial charge >= 0.3 is 0 Å². The van der Waals surface area contributed by atoms with Gasteiger partial charge in [-0.25, -0.2) is 4.98 Å². The normalized spacial score (nSPS) is 17.1. The van der Waals surface area contributed by atoms with Crippen molar-refractivity contribution in [3.05, 3.63) is 30.1 Å². The van der Waals surface area contributed by atoms with Crippen molar-refractivity contribution in [2.45, 2.75) is 44.9 Å². The molecule has 112 valence electrons. The zero-order valence-electron chi connectivity index (χ0n) is 12.6. The smallest absolute Gasteiger partial charge is 0.222 e. The summed E-state index contributed by atoms with van der Waals surface area (Å²) in [4.78, 5) is 22.2. The number of nitrogens with one attached hydrogen (secondary N) is 1. The summed E-state index contributed by atoms with van der Waals surface area (Å²) in [6.07, 6.45) is 5.06. The first kappa shape index (κ1) is 14.1. The van der Waals surface area contributed by atoms with Gasteiger partial charge in [-0.2, -0.15) is 0 Å². The molecule has 0 aliphatic carbocycles. The lowest BCUT2D eigenvalue weighted by molar-refractivity contribution is -0.132. The molecule has 0 saturated carbocycles. The molecule has 1 aromatic carbocycles. The molecule has 1 atom stereocenters. The number of carbonyl (C=O) groups is 1. The second kappa shape index (κ2) is 6.29. The number of H-pyrrole nitrogens is 1. The molecule has 4 heteroatoms. The number of benzene rings is 1. The number of aromatic nitrogens is 2. The summed E-state index contributed by atoms with van der Waals surface area (Å²) in [5, 5.41) is 0. The molecule has 2 heterocycles. The maximum absolute atomic E-state index is 12.2. The highest BCUT2D eigenvalue weighted by atomic mass is 16.2. The third-order valence-electron chi connectivity index (χ3n) is 4.37. The Morgan fingerprint density at radius 2 is 2.05 bits per heavy atom. The molecule has 21 heavy (non-hydrogen) atoms. The fraction of sp³-hybridized carbons (Fsp3) is 0.529. The standard InChI is InChI=1S/C17H23N3O/c1-13(9-10-16(21)20-11-5-2-6-12-20)17-18-14-7-3-4-8-15(14)19-17/h3-4,7-8,13H,2,5-6,9-12H2,1H3,(H,18,19). The van der Waals surface area contributed by atoms with Gasteiger partial charge in [-0.05, 0) is 37.8 Å². The average Bonchev–Trinajstić information content (AvgIpc) is 2.97. The number of hydrogen-bond donors (Lipinski definition) is 1. The van der Waals surface area contributed by atoms with E-state index in [9.17, 15) is 4.79 Å². The first-order chi connectivity index (χ1) is 10.2. The Morgan fingerprint density at radius 1 is 1.29 bits per heavy atom. The zero-order chi connectivity index (χ0) is 14.7. The molecule has 0 spiro atoms. The minimum atomic E-state index is 0.283. The quantitative estimate of drug-likeness (QED) is 0.935. The van der Waals surface area contributed by atoms with Crippen LogP contribution in [0.4, 0.5) is 0 Å². The van der Waals surface area contributed by atoms with Gasteiger partial charge in [0.25, 0.3) is 0 Å². The van der Waals surface area contributed by atoms with E-state index >= 15 is 0 Å². The fourth-order valence-corrected chi connectivity index (χ4v) is 2.98. The predicted octanol–water partition coefficient (Wildman–Crippen LogP) is 3.46. The van der Waals surface area contributed by atoms with Crippen LogP contribution < -0.4 is 0 Å². The van der Waals surface area contributed by atoms with Crippen molar-refractivity contribution in [1.82, 2.24) is 14.9 Å². The lowest BCUT2D eigenvalue weighted by atomic mass is 10.0. The molecular weight excluding hydrogens is 262 g/mol. The van der Waals surface area contributed by atoms with Gasteiger partial charge < -0.3 is 9.88 Å². The maximum Gasteiger partial charge on any atom is 0.222 e. The van der Waals surface area contributed by atoms with E-state index in [-0.39, 0.29) is 5.92 Å². The minimum Gasteiger partial charge on any atom is -0.343 e. The van der Waals surface area contributed by atoms with Crippen molar-refractivity contribution in [2.75, 3.05) is 13.1 Å². The first-order valence-corrected chi connectivity index (χ1v) is 7.96. The Hall–Kier alpha value is -1.84. The molecule has 1 aromatic heterocycles. The van der Waals surface area contributed by atoms with E-state index in [1.165, 1.54) is 6.42 Å². The number of hydrogen-bond acceptors (Lipinski definition) is 2. The summed E-state index contributed by atoms with van der Waals surface area (Å²) < 4.78 is 0. The molecule has 2 aromatic rings. The van der Waals surface area contributed by atoms with E-state index in [1.807, 2.05) is 29.2 Å². The lowest BCUT2D eigenvalue weighted by Gasteiger charge is -2.27. The van der Waals surface area contributed by atoms with Gasteiger partial charge in [-0.15, -0.1) is 0 Å². The van der Waals surface area contributed by atoms with Gasteiger partial charge in [-0.3, -0.25) is 4.79 Å². The minimum absolute atomic E-state index is 0.283. The molecule has 1 aliphatic heterocycles. The molecule has 0 radical (unpaired) electrons. The summed E-state index contributed by atoms with van der Waals surface area (Å²) in [7, 11) is 0. The molecule has 0 bridgehead atoms. The van der Waals surface area contributed by atoms with Crippen LogP contribution in [0.5, 0.6) is 0 Å². The molecule has 4 nitrogen and oxygen atoms in total. The number of piperidine rings is 1. The molecule has 1 saturated heterocycles. The van der Waals surface area contributed by atoms with Crippen LogP contribution in [0, 0.1) is 0 Å². The number of fused-ring (bicyclic) bond motifs is 1. The second-order valence-electron chi connectivity index (χ2n) is 6.02. The summed E-state index contributed by atoms with van der Waals surface area (Å²) in [5.74, 6) is 1.58. The molecule has 1 fully saturated rings. The molecule has 1 unspecified atom stereocenters. The van der Waals surface area contributed by atoms with Crippen LogP contribution >= 0.6 is 0 Å². The highest BCUT2D eigenvalue weighted by Gasteiger charge is 2.18. The summed E-state index contributed by atoms with van der Waals surface area (Å²) in [5.41, 5.74) is 2.07. The fourth-order valence-electron chi connectivity index (χ4n) is 2.98. The largest absolute Gasteiger partial charge is 0.343 e. The van der Waals surface area contributed by atoms with Gasteiger partial charge in [0.15, 0.2) is 0 Å². The number of amides is 1. The van der Waals surface area contributed by atoms with Crippen LogP contribution in [-0.2, 0) is 4.79 Å². The van der Waals surface area contributed by atoms with Crippen LogP contribution in [0.3, 0.4) is 0 Å². The summed E-state index contributed by atoms with van der Waals surface area (Å²) in [6, 6.07) is 8.06. The molecule has 1 amide bonds. The van der Waals surface area contributed by atoms with Crippen molar-refractivity contribution in [2.24, 2.45) is 0 Å². The maximum atomic E-state index is 12.2. The Labute approximate surface area is 125 Å². The van der Waals surface area contributed by atoms with Crippen molar-refractivity contribution < 1.29 is 4.79 Å². The van der Waals surface area contributed by atoms with E-state index in [1.54, 1.807) is 0 Å². The van der Waals surface area contributed by atoms with E-state index in [0.29, 0.717) is 12.3 Å². The van der Waals surface area contributed by atoms with E-state index in [4.69, 9.17) is 0 Å². The number of nitrogens with zero attached hydrogens (tertiary/aromatic N) is 2. The highest BCUT2D eigenvalue weighted by molar-refractivity contribution is 5.76. The molecular formula is C17H23N3O. The zero-order valence-corrected chi connectivity index (χ0v) is 12.6. The van der Waals surface area contributed by atoms with Gasteiger partial charge in [0.05, 0.1) is 11.0 Å². The van der Waals surface area contributed by atoms with Crippen LogP contribution in [0.15, 0.2) is 24.3 Å². The molecule has 1 N–H and O–H groups in total. The van der Waals surface area contributed by atoms with Gasteiger partial charge in [0.1, 0.15) is 5.82 Å². The number of aromatic amines is 1. The van der Waals surface area contributed by atoms with E-state index < -0.39 is 0 Å². The molecule has 1 aliphatic rings. The third-order valence-corrected chi connectivity index (χ3v) is 4.37. The molecule has 3 rings (SSSR count). The van der Waals surface area contributed by atoms with Crippen LogP contribution in [0.2, 0.25) is 0 Å². The van der Waals surface area contributed by atoms with Crippen molar-refractivity contribution in [3.63, 3.8) is 0 Å². The first-order valence-electron chi connectivity index (χ1n) is 7.96. The Bertz CT molecular complexity index is 580.